The molecule has 1 fully saturated rings. The van der Waals surface area contributed by atoms with E-state index in [4.69, 9.17) is 9.47 Å². The number of likely N-dealkylation sites (tertiary alicyclic amines) is 1. The number of fused-ring (bicyclic) bond motifs is 3. The van der Waals surface area contributed by atoms with Crippen LogP contribution in [-0.4, -0.2) is 51.6 Å². The van der Waals surface area contributed by atoms with E-state index in [9.17, 15) is 4.79 Å². The molecule has 7 heteroatoms. The van der Waals surface area contributed by atoms with Gasteiger partial charge in [0.2, 0.25) is 5.91 Å². The molecule has 3 heterocycles. The Hall–Kier alpha value is -2.41. The first kappa shape index (κ1) is 15.1. The van der Waals surface area contributed by atoms with Gasteiger partial charge in [-0.05, 0) is 18.6 Å². The largest absolute Gasteiger partial charge is 0.493 e. The van der Waals surface area contributed by atoms with Gasteiger partial charge in [0, 0.05) is 13.1 Å². The maximum Gasteiger partial charge on any atom is 0.226 e. The fourth-order valence-corrected chi connectivity index (χ4v) is 3.35. The van der Waals surface area contributed by atoms with Crippen molar-refractivity contribution < 1.29 is 14.3 Å². The number of carbonyl (C=O) groups is 1. The summed E-state index contributed by atoms with van der Waals surface area (Å²) >= 11 is 0. The zero-order chi connectivity index (χ0) is 16.4. The number of ether oxygens (including phenoxy) is 2. The van der Waals surface area contributed by atoms with Crippen LogP contribution in [0.1, 0.15) is 24.6 Å². The third kappa shape index (κ3) is 2.99. The summed E-state index contributed by atoms with van der Waals surface area (Å²) in [4.78, 5) is 14.3. The average molecular weight is 328 g/mol. The van der Waals surface area contributed by atoms with E-state index in [1.807, 2.05) is 39.9 Å². The summed E-state index contributed by atoms with van der Waals surface area (Å²) in [5, 5.41) is 8.11. The van der Waals surface area contributed by atoms with E-state index in [0.717, 1.165) is 17.9 Å². The molecule has 2 atom stereocenters. The quantitative estimate of drug-likeness (QED) is 0.849. The second-order valence-corrected chi connectivity index (χ2v) is 6.13. The molecule has 1 aromatic heterocycles. The predicted molar refractivity (Wildman–Crippen MR) is 85.4 cm³/mol. The highest BCUT2D eigenvalue weighted by molar-refractivity contribution is 5.76. The topological polar surface area (TPSA) is 69.5 Å². The monoisotopic (exact) mass is 328 g/mol. The zero-order valence-electron chi connectivity index (χ0n) is 13.4. The summed E-state index contributed by atoms with van der Waals surface area (Å²) in [6.45, 7) is 2.22. The number of hydrogen-bond acceptors (Lipinski definition) is 5. The lowest BCUT2D eigenvalue weighted by Crippen LogP contribution is -2.50. The number of aromatic nitrogens is 3. The second-order valence-electron chi connectivity index (χ2n) is 6.13. The van der Waals surface area contributed by atoms with Crippen molar-refractivity contribution in [3.8, 4) is 5.75 Å². The van der Waals surface area contributed by atoms with Gasteiger partial charge in [0.05, 0.1) is 43.7 Å². The smallest absolute Gasteiger partial charge is 0.226 e. The normalized spacial score (nSPS) is 22.6. The first-order valence-corrected chi connectivity index (χ1v) is 8.27. The van der Waals surface area contributed by atoms with E-state index in [0.29, 0.717) is 32.7 Å². The van der Waals surface area contributed by atoms with Crippen molar-refractivity contribution in [1.82, 2.24) is 19.9 Å². The molecule has 7 nitrogen and oxygen atoms in total. The highest BCUT2D eigenvalue weighted by Gasteiger charge is 2.37. The molecule has 0 radical (unpaired) electrons. The summed E-state index contributed by atoms with van der Waals surface area (Å²) in [7, 11) is 0. The Morgan fingerprint density at radius 1 is 1.33 bits per heavy atom. The first-order chi connectivity index (χ1) is 11.8. The average Bonchev–Trinajstić information content (AvgIpc) is 3.11. The first-order valence-electron chi connectivity index (χ1n) is 8.27. The van der Waals surface area contributed by atoms with E-state index in [1.54, 1.807) is 6.20 Å². The summed E-state index contributed by atoms with van der Waals surface area (Å²) < 4.78 is 13.5. The van der Waals surface area contributed by atoms with Crippen molar-refractivity contribution in [2.45, 2.75) is 31.6 Å². The maximum atomic E-state index is 12.4. The van der Waals surface area contributed by atoms with E-state index >= 15 is 0 Å². The molecule has 0 aliphatic carbocycles. The van der Waals surface area contributed by atoms with Crippen LogP contribution in [0.3, 0.4) is 0 Å². The predicted octanol–water partition coefficient (Wildman–Crippen LogP) is 1.42. The fraction of sp³-hybridized carbons (Fsp3) is 0.471. The third-order valence-electron chi connectivity index (χ3n) is 4.61. The SMILES string of the molecule is O=C(CCOc1ccccc1)N1CC[C@H]2[C@H](C1)OCc1cnnn12. The number of nitrogens with zero attached hydrogens (tertiary/aromatic N) is 4. The van der Waals surface area contributed by atoms with E-state index in [1.165, 1.54) is 0 Å². The van der Waals surface area contributed by atoms with Gasteiger partial charge in [-0.25, -0.2) is 4.68 Å². The summed E-state index contributed by atoms with van der Waals surface area (Å²) in [5.74, 6) is 0.899. The maximum absolute atomic E-state index is 12.4. The molecule has 2 aromatic rings. The zero-order valence-corrected chi connectivity index (χ0v) is 13.4. The number of hydrogen-bond donors (Lipinski definition) is 0. The van der Waals surface area contributed by atoms with Crippen LogP contribution in [0.4, 0.5) is 0 Å². The standard InChI is InChI=1S/C17H20N4O3/c22-17(7-9-23-14-4-2-1-3-5-14)20-8-6-15-16(11-20)24-12-13-10-18-19-21(13)15/h1-5,10,15-16H,6-9,11-12H2/t15-,16-/m0/s1. The van der Waals surface area contributed by atoms with Crippen molar-refractivity contribution in [3.05, 3.63) is 42.2 Å². The van der Waals surface area contributed by atoms with E-state index < -0.39 is 0 Å². The summed E-state index contributed by atoms with van der Waals surface area (Å²) in [6.07, 6.45) is 2.95. The van der Waals surface area contributed by atoms with Gasteiger partial charge in [0.15, 0.2) is 0 Å². The van der Waals surface area contributed by atoms with Crippen molar-refractivity contribution in [2.75, 3.05) is 19.7 Å². The molecule has 0 unspecified atom stereocenters. The van der Waals surface area contributed by atoms with Crippen LogP contribution >= 0.6 is 0 Å². The summed E-state index contributed by atoms with van der Waals surface area (Å²) in [6, 6.07) is 9.73. The minimum absolute atomic E-state index is 0.00746. The highest BCUT2D eigenvalue weighted by atomic mass is 16.5. The Morgan fingerprint density at radius 3 is 3.08 bits per heavy atom. The molecule has 126 valence electrons. The van der Waals surface area contributed by atoms with Gasteiger partial charge in [-0.1, -0.05) is 23.4 Å². The molecule has 1 amide bonds. The number of benzene rings is 1. The van der Waals surface area contributed by atoms with Crippen LogP contribution in [0, 0.1) is 0 Å². The Bertz CT molecular complexity index is 703. The van der Waals surface area contributed by atoms with Crippen LogP contribution in [-0.2, 0) is 16.1 Å². The molecule has 0 N–H and O–H groups in total. The fourth-order valence-electron chi connectivity index (χ4n) is 3.35. The van der Waals surface area contributed by atoms with Crippen LogP contribution in [0.25, 0.3) is 0 Å². The summed E-state index contributed by atoms with van der Waals surface area (Å²) in [5.41, 5.74) is 1.01. The molecule has 24 heavy (non-hydrogen) atoms. The van der Waals surface area contributed by atoms with Gasteiger partial charge in [0.1, 0.15) is 5.75 Å². The van der Waals surface area contributed by atoms with Gasteiger partial charge in [-0.3, -0.25) is 4.79 Å². The van der Waals surface area contributed by atoms with E-state index in [2.05, 4.69) is 10.3 Å². The lowest BCUT2D eigenvalue weighted by Gasteiger charge is -2.41. The van der Waals surface area contributed by atoms with Crippen molar-refractivity contribution >= 4 is 5.91 Å². The molecular formula is C17H20N4O3. The molecule has 2 aliphatic heterocycles. The van der Waals surface area contributed by atoms with Crippen LogP contribution < -0.4 is 4.74 Å². The van der Waals surface area contributed by atoms with Gasteiger partial charge in [-0.2, -0.15) is 0 Å². The number of piperidine rings is 1. The molecule has 0 saturated carbocycles. The molecule has 0 spiro atoms. The molecule has 1 aromatic carbocycles. The van der Waals surface area contributed by atoms with Crippen LogP contribution in [0.5, 0.6) is 5.75 Å². The molecule has 0 bridgehead atoms. The van der Waals surface area contributed by atoms with Gasteiger partial charge < -0.3 is 14.4 Å². The van der Waals surface area contributed by atoms with Gasteiger partial charge in [-0.15, -0.1) is 5.10 Å². The van der Waals surface area contributed by atoms with Crippen LogP contribution in [0.2, 0.25) is 0 Å². The Morgan fingerprint density at radius 2 is 2.21 bits per heavy atom. The molecular weight excluding hydrogens is 308 g/mol. The molecule has 4 rings (SSSR count). The number of amides is 1. The minimum Gasteiger partial charge on any atom is -0.493 e. The number of para-hydroxylation sites is 1. The molecule has 1 saturated heterocycles. The van der Waals surface area contributed by atoms with Crippen molar-refractivity contribution in [1.29, 1.82) is 0 Å². The van der Waals surface area contributed by atoms with Crippen LogP contribution in [0.15, 0.2) is 36.5 Å². The third-order valence-corrected chi connectivity index (χ3v) is 4.61. The highest BCUT2D eigenvalue weighted by Crippen LogP contribution is 2.30. The number of carbonyl (C=O) groups excluding carboxylic acids is 1. The Labute approximate surface area is 140 Å². The lowest BCUT2D eigenvalue weighted by atomic mass is 10.00. The van der Waals surface area contributed by atoms with Gasteiger partial charge in [0.25, 0.3) is 0 Å². The molecule has 2 aliphatic rings. The van der Waals surface area contributed by atoms with Crippen molar-refractivity contribution in [3.63, 3.8) is 0 Å². The van der Waals surface area contributed by atoms with E-state index in [-0.39, 0.29) is 18.1 Å². The number of rotatable bonds is 4. The Balaban J connectivity index is 1.30. The minimum atomic E-state index is -0.00746. The van der Waals surface area contributed by atoms with Crippen molar-refractivity contribution in [2.24, 2.45) is 0 Å². The second kappa shape index (κ2) is 6.60. The Kier molecular flexibility index (Phi) is 4.17. The van der Waals surface area contributed by atoms with Gasteiger partial charge >= 0.3 is 0 Å². The lowest BCUT2D eigenvalue weighted by molar-refractivity contribution is -0.140.